The molecule has 110 valence electrons. The minimum absolute atomic E-state index is 0.473. The Morgan fingerprint density at radius 3 is 3.05 bits per heavy atom. The standard InChI is InChI=1S/C15H22N2O3/c1-2-16-13(15(18)19)7-8-17-9-10-20-14-6-4-3-5-12(14)11-17/h3-6,13,16H,2,7-11H2,1H3,(H,18,19). The van der Waals surface area contributed by atoms with Crippen LogP contribution in [-0.4, -0.2) is 48.3 Å². The van der Waals surface area contributed by atoms with E-state index in [1.165, 1.54) is 5.56 Å². The molecule has 0 aliphatic carbocycles. The first-order valence-electron chi connectivity index (χ1n) is 7.10. The van der Waals surface area contributed by atoms with E-state index in [0.29, 0.717) is 19.6 Å². The summed E-state index contributed by atoms with van der Waals surface area (Å²) in [5.74, 6) is 0.162. The van der Waals surface area contributed by atoms with E-state index in [9.17, 15) is 4.79 Å². The number of likely N-dealkylation sites (N-methyl/N-ethyl adjacent to an activating group) is 1. The third-order valence-electron chi connectivity index (χ3n) is 3.51. The van der Waals surface area contributed by atoms with Crippen molar-refractivity contribution in [2.75, 3.05) is 26.2 Å². The zero-order valence-corrected chi connectivity index (χ0v) is 11.8. The van der Waals surface area contributed by atoms with Crippen molar-refractivity contribution in [2.24, 2.45) is 0 Å². The molecule has 0 saturated heterocycles. The van der Waals surface area contributed by atoms with E-state index in [2.05, 4.69) is 16.3 Å². The van der Waals surface area contributed by atoms with Gasteiger partial charge in [-0.3, -0.25) is 9.69 Å². The van der Waals surface area contributed by atoms with E-state index in [1.807, 2.05) is 25.1 Å². The number of para-hydroxylation sites is 1. The van der Waals surface area contributed by atoms with Gasteiger partial charge in [0.15, 0.2) is 0 Å². The zero-order valence-electron chi connectivity index (χ0n) is 11.8. The molecule has 1 aliphatic rings. The smallest absolute Gasteiger partial charge is 0.320 e. The highest BCUT2D eigenvalue weighted by atomic mass is 16.5. The third kappa shape index (κ3) is 3.95. The van der Waals surface area contributed by atoms with Gasteiger partial charge in [-0.2, -0.15) is 0 Å². The number of rotatable bonds is 6. The molecule has 0 fully saturated rings. The maximum absolute atomic E-state index is 11.1. The lowest BCUT2D eigenvalue weighted by molar-refractivity contribution is -0.139. The lowest BCUT2D eigenvalue weighted by Gasteiger charge is -2.21. The number of aliphatic carboxylic acids is 1. The molecule has 0 bridgehead atoms. The van der Waals surface area contributed by atoms with Gasteiger partial charge < -0.3 is 15.2 Å². The quantitative estimate of drug-likeness (QED) is 0.822. The van der Waals surface area contributed by atoms with Gasteiger partial charge in [0.05, 0.1) is 0 Å². The number of nitrogens with one attached hydrogen (secondary N) is 1. The van der Waals surface area contributed by atoms with Gasteiger partial charge in [0.2, 0.25) is 0 Å². The molecular weight excluding hydrogens is 256 g/mol. The highest BCUT2D eigenvalue weighted by Crippen LogP contribution is 2.22. The fraction of sp³-hybridized carbons (Fsp3) is 0.533. The van der Waals surface area contributed by atoms with Crippen molar-refractivity contribution in [3.05, 3.63) is 29.8 Å². The van der Waals surface area contributed by atoms with Crippen LogP contribution in [0.3, 0.4) is 0 Å². The molecule has 5 nitrogen and oxygen atoms in total. The van der Waals surface area contributed by atoms with Crippen molar-refractivity contribution in [1.29, 1.82) is 0 Å². The van der Waals surface area contributed by atoms with Crippen LogP contribution in [0.1, 0.15) is 18.9 Å². The average molecular weight is 278 g/mol. The van der Waals surface area contributed by atoms with Crippen molar-refractivity contribution in [3.63, 3.8) is 0 Å². The van der Waals surface area contributed by atoms with Crippen LogP contribution in [0.25, 0.3) is 0 Å². The summed E-state index contributed by atoms with van der Waals surface area (Å²) in [6.07, 6.45) is 0.603. The molecule has 0 radical (unpaired) electrons. The van der Waals surface area contributed by atoms with Gasteiger partial charge in [-0.15, -0.1) is 0 Å². The molecule has 0 amide bonds. The van der Waals surface area contributed by atoms with Gasteiger partial charge in [0, 0.05) is 25.2 Å². The predicted molar refractivity (Wildman–Crippen MR) is 76.9 cm³/mol. The molecule has 1 aromatic rings. The van der Waals surface area contributed by atoms with Gasteiger partial charge in [-0.1, -0.05) is 25.1 Å². The maximum Gasteiger partial charge on any atom is 0.320 e. The Labute approximate surface area is 119 Å². The number of nitrogens with zero attached hydrogens (tertiary/aromatic N) is 1. The Bertz CT molecular complexity index is 450. The third-order valence-corrected chi connectivity index (χ3v) is 3.51. The van der Waals surface area contributed by atoms with E-state index in [1.54, 1.807) is 0 Å². The molecule has 2 rings (SSSR count). The van der Waals surface area contributed by atoms with Crippen LogP contribution in [0.15, 0.2) is 24.3 Å². The predicted octanol–water partition coefficient (Wildman–Crippen LogP) is 1.33. The topological polar surface area (TPSA) is 61.8 Å². The number of carboxylic acid groups (broad SMARTS) is 1. The van der Waals surface area contributed by atoms with Crippen molar-refractivity contribution in [3.8, 4) is 5.75 Å². The van der Waals surface area contributed by atoms with E-state index in [-0.39, 0.29) is 0 Å². The highest BCUT2D eigenvalue weighted by Gasteiger charge is 2.19. The lowest BCUT2D eigenvalue weighted by atomic mass is 10.1. The normalized spacial score (nSPS) is 16.9. The summed E-state index contributed by atoms with van der Waals surface area (Å²) in [5, 5.41) is 12.1. The van der Waals surface area contributed by atoms with Crippen molar-refractivity contribution in [2.45, 2.75) is 25.9 Å². The summed E-state index contributed by atoms with van der Waals surface area (Å²) in [7, 11) is 0. The number of hydrogen-bond acceptors (Lipinski definition) is 4. The maximum atomic E-state index is 11.1. The molecular formula is C15H22N2O3. The number of fused-ring (bicyclic) bond motifs is 1. The second kappa shape index (κ2) is 7.26. The molecule has 1 heterocycles. The van der Waals surface area contributed by atoms with Crippen molar-refractivity contribution < 1.29 is 14.6 Å². The summed E-state index contributed by atoms with van der Waals surface area (Å²) < 4.78 is 5.71. The summed E-state index contributed by atoms with van der Waals surface area (Å²) in [6.45, 7) is 5.63. The van der Waals surface area contributed by atoms with Crippen LogP contribution < -0.4 is 10.1 Å². The molecule has 1 unspecified atom stereocenters. The van der Waals surface area contributed by atoms with Crippen LogP contribution in [0.4, 0.5) is 0 Å². The number of carboxylic acids is 1. The minimum Gasteiger partial charge on any atom is -0.492 e. The number of ether oxygens (including phenoxy) is 1. The zero-order chi connectivity index (χ0) is 14.4. The molecule has 0 saturated carbocycles. The largest absolute Gasteiger partial charge is 0.492 e. The Hall–Kier alpha value is -1.59. The molecule has 1 aromatic carbocycles. The molecule has 2 N–H and O–H groups in total. The van der Waals surface area contributed by atoms with Crippen LogP contribution in [-0.2, 0) is 11.3 Å². The first-order chi connectivity index (χ1) is 9.70. The fourth-order valence-corrected chi connectivity index (χ4v) is 2.44. The SMILES string of the molecule is CCNC(CCN1CCOc2ccccc2C1)C(=O)O. The van der Waals surface area contributed by atoms with E-state index >= 15 is 0 Å². The summed E-state index contributed by atoms with van der Waals surface area (Å²) >= 11 is 0. The van der Waals surface area contributed by atoms with E-state index < -0.39 is 12.0 Å². The van der Waals surface area contributed by atoms with Crippen molar-refractivity contribution in [1.82, 2.24) is 10.2 Å². The van der Waals surface area contributed by atoms with Gasteiger partial charge in [-0.25, -0.2) is 0 Å². The summed E-state index contributed by atoms with van der Waals surface area (Å²) in [4.78, 5) is 13.4. The minimum atomic E-state index is -0.779. The Kier molecular flexibility index (Phi) is 5.38. The molecule has 5 heteroatoms. The first kappa shape index (κ1) is 14.8. The van der Waals surface area contributed by atoms with Gasteiger partial charge in [0.25, 0.3) is 0 Å². The second-order valence-corrected chi connectivity index (χ2v) is 4.97. The Morgan fingerprint density at radius 1 is 1.50 bits per heavy atom. The molecule has 0 aromatic heterocycles. The molecule has 1 aliphatic heterocycles. The van der Waals surface area contributed by atoms with Crippen molar-refractivity contribution >= 4 is 5.97 Å². The lowest BCUT2D eigenvalue weighted by Crippen LogP contribution is -2.40. The van der Waals surface area contributed by atoms with E-state index in [4.69, 9.17) is 9.84 Å². The van der Waals surface area contributed by atoms with Gasteiger partial charge >= 0.3 is 5.97 Å². The van der Waals surface area contributed by atoms with Crippen LogP contribution in [0.2, 0.25) is 0 Å². The first-order valence-corrected chi connectivity index (χ1v) is 7.10. The average Bonchev–Trinajstić information content (AvgIpc) is 2.64. The number of benzene rings is 1. The van der Waals surface area contributed by atoms with Gasteiger partial charge in [0.1, 0.15) is 18.4 Å². The Balaban J connectivity index is 1.92. The monoisotopic (exact) mass is 278 g/mol. The number of carbonyl (C=O) groups is 1. The van der Waals surface area contributed by atoms with Gasteiger partial charge in [-0.05, 0) is 19.0 Å². The van der Waals surface area contributed by atoms with Crippen LogP contribution in [0, 0.1) is 0 Å². The summed E-state index contributed by atoms with van der Waals surface area (Å²) in [6, 6.07) is 7.55. The fourth-order valence-electron chi connectivity index (χ4n) is 2.44. The van der Waals surface area contributed by atoms with Crippen LogP contribution >= 0.6 is 0 Å². The van der Waals surface area contributed by atoms with E-state index in [0.717, 1.165) is 25.4 Å². The Morgan fingerprint density at radius 2 is 2.30 bits per heavy atom. The number of hydrogen-bond donors (Lipinski definition) is 2. The molecule has 1 atom stereocenters. The summed E-state index contributed by atoms with van der Waals surface area (Å²) in [5.41, 5.74) is 1.17. The highest BCUT2D eigenvalue weighted by molar-refractivity contribution is 5.73. The molecule has 20 heavy (non-hydrogen) atoms. The van der Waals surface area contributed by atoms with Crippen LogP contribution in [0.5, 0.6) is 5.75 Å². The second-order valence-electron chi connectivity index (χ2n) is 4.97. The molecule has 0 spiro atoms.